The van der Waals surface area contributed by atoms with Crippen LogP contribution >= 0.6 is 11.3 Å². The SMILES string of the molecule is CN=C(N)Nc1ccc(CCc2cscn2)cc1. The molecule has 0 amide bonds. The maximum Gasteiger partial charge on any atom is 0.192 e. The zero-order chi connectivity index (χ0) is 12.8. The van der Waals surface area contributed by atoms with Gasteiger partial charge in [-0.25, -0.2) is 4.98 Å². The molecule has 0 spiro atoms. The van der Waals surface area contributed by atoms with Gasteiger partial charge in [0.2, 0.25) is 0 Å². The van der Waals surface area contributed by atoms with Gasteiger partial charge in [0.15, 0.2) is 5.96 Å². The molecule has 0 atom stereocenters. The summed E-state index contributed by atoms with van der Waals surface area (Å²) in [6.45, 7) is 0. The molecular weight excluding hydrogens is 244 g/mol. The van der Waals surface area contributed by atoms with E-state index in [-0.39, 0.29) is 0 Å². The first-order valence-corrected chi connectivity index (χ1v) is 6.67. The van der Waals surface area contributed by atoms with Gasteiger partial charge in [-0.15, -0.1) is 11.3 Å². The third-order valence-electron chi connectivity index (χ3n) is 2.62. The Morgan fingerprint density at radius 3 is 2.72 bits per heavy atom. The van der Waals surface area contributed by atoms with Crippen molar-refractivity contribution in [3.8, 4) is 0 Å². The van der Waals surface area contributed by atoms with E-state index in [1.165, 1.54) is 5.56 Å². The minimum absolute atomic E-state index is 0.422. The lowest BCUT2D eigenvalue weighted by molar-refractivity contribution is 0.926. The van der Waals surface area contributed by atoms with E-state index < -0.39 is 0 Å². The van der Waals surface area contributed by atoms with E-state index in [1.807, 2.05) is 17.6 Å². The number of rotatable bonds is 4. The average Bonchev–Trinajstić information content (AvgIpc) is 2.91. The summed E-state index contributed by atoms with van der Waals surface area (Å²) >= 11 is 1.64. The normalized spacial score (nSPS) is 11.5. The standard InChI is InChI=1S/C13H16N4S/c1-15-13(14)17-11-5-2-10(3-6-11)4-7-12-8-18-9-16-12/h2-3,5-6,8-9H,4,7H2,1H3,(H3,14,15,17). The Balaban J connectivity index is 1.91. The average molecular weight is 260 g/mol. The summed E-state index contributed by atoms with van der Waals surface area (Å²) in [4.78, 5) is 8.13. The first kappa shape index (κ1) is 12.6. The van der Waals surface area contributed by atoms with Crippen molar-refractivity contribution in [1.82, 2.24) is 4.98 Å². The minimum atomic E-state index is 0.422. The van der Waals surface area contributed by atoms with E-state index in [1.54, 1.807) is 18.4 Å². The van der Waals surface area contributed by atoms with Crippen LogP contribution in [0.15, 0.2) is 40.1 Å². The predicted molar refractivity (Wildman–Crippen MR) is 77.1 cm³/mol. The molecule has 2 aromatic rings. The van der Waals surface area contributed by atoms with Crippen molar-refractivity contribution < 1.29 is 0 Å². The van der Waals surface area contributed by atoms with Crippen molar-refractivity contribution in [3.63, 3.8) is 0 Å². The zero-order valence-corrected chi connectivity index (χ0v) is 11.1. The second kappa shape index (κ2) is 6.16. The van der Waals surface area contributed by atoms with Crippen LogP contribution in [0.2, 0.25) is 0 Å². The molecular formula is C13H16N4S. The van der Waals surface area contributed by atoms with Crippen LogP contribution in [-0.2, 0) is 12.8 Å². The molecule has 0 fully saturated rings. The van der Waals surface area contributed by atoms with Crippen molar-refractivity contribution in [2.75, 3.05) is 12.4 Å². The smallest absolute Gasteiger partial charge is 0.192 e. The van der Waals surface area contributed by atoms with Crippen LogP contribution < -0.4 is 11.1 Å². The second-order valence-electron chi connectivity index (χ2n) is 3.91. The number of hydrogen-bond donors (Lipinski definition) is 2. The molecule has 0 saturated carbocycles. The van der Waals surface area contributed by atoms with Gasteiger partial charge in [0.25, 0.3) is 0 Å². The Hall–Kier alpha value is -1.88. The first-order valence-electron chi connectivity index (χ1n) is 5.73. The van der Waals surface area contributed by atoms with E-state index in [4.69, 9.17) is 5.73 Å². The number of nitrogens with zero attached hydrogens (tertiary/aromatic N) is 2. The molecule has 4 nitrogen and oxygen atoms in total. The molecule has 3 N–H and O–H groups in total. The maximum atomic E-state index is 5.60. The van der Waals surface area contributed by atoms with E-state index >= 15 is 0 Å². The lowest BCUT2D eigenvalue weighted by atomic mass is 10.1. The van der Waals surface area contributed by atoms with Crippen LogP contribution in [0.25, 0.3) is 0 Å². The molecule has 0 aliphatic rings. The third-order valence-corrected chi connectivity index (χ3v) is 3.26. The highest BCUT2D eigenvalue weighted by Gasteiger charge is 1.98. The topological polar surface area (TPSA) is 63.3 Å². The third kappa shape index (κ3) is 3.56. The molecule has 1 aromatic carbocycles. The molecule has 0 aliphatic carbocycles. The van der Waals surface area contributed by atoms with Crippen LogP contribution in [0.4, 0.5) is 5.69 Å². The van der Waals surface area contributed by atoms with Crippen LogP contribution in [0.5, 0.6) is 0 Å². The molecule has 1 heterocycles. The van der Waals surface area contributed by atoms with E-state index in [9.17, 15) is 0 Å². The summed E-state index contributed by atoms with van der Waals surface area (Å²) in [5.74, 6) is 0.422. The molecule has 18 heavy (non-hydrogen) atoms. The van der Waals surface area contributed by atoms with Gasteiger partial charge in [-0.3, -0.25) is 4.99 Å². The summed E-state index contributed by atoms with van der Waals surface area (Å²) in [6, 6.07) is 8.21. The van der Waals surface area contributed by atoms with Crippen LogP contribution in [-0.4, -0.2) is 18.0 Å². The number of nitrogens with two attached hydrogens (primary N) is 1. The summed E-state index contributed by atoms with van der Waals surface area (Å²) in [6.07, 6.45) is 1.98. The Morgan fingerprint density at radius 2 is 2.11 bits per heavy atom. The number of nitrogens with one attached hydrogen (secondary N) is 1. The number of benzene rings is 1. The molecule has 0 bridgehead atoms. The van der Waals surface area contributed by atoms with Crippen LogP contribution in [0, 0.1) is 0 Å². The van der Waals surface area contributed by atoms with Crippen LogP contribution in [0.3, 0.4) is 0 Å². The highest BCUT2D eigenvalue weighted by Crippen LogP contribution is 2.12. The Bertz CT molecular complexity index is 502. The lowest BCUT2D eigenvalue weighted by Gasteiger charge is -2.06. The fraction of sp³-hybridized carbons (Fsp3) is 0.231. The van der Waals surface area contributed by atoms with Crippen molar-refractivity contribution in [1.29, 1.82) is 0 Å². The van der Waals surface area contributed by atoms with Gasteiger partial charge in [-0.1, -0.05) is 12.1 Å². The molecule has 2 rings (SSSR count). The van der Waals surface area contributed by atoms with Crippen molar-refractivity contribution >= 4 is 23.0 Å². The number of anilines is 1. The molecule has 5 heteroatoms. The predicted octanol–water partition coefficient (Wildman–Crippen LogP) is 2.28. The van der Waals surface area contributed by atoms with Crippen molar-refractivity contribution in [2.24, 2.45) is 10.7 Å². The van der Waals surface area contributed by atoms with E-state index in [0.717, 1.165) is 24.2 Å². The summed E-state index contributed by atoms with van der Waals surface area (Å²) in [5, 5.41) is 5.10. The van der Waals surface area contributed by atoms with Gasteiger partial charge in [0, 0.05) is 18.1 Å². The number of aryl methyl sites for hydroxylation is 2. The fourth-order valence-electron chi connectivity index (χ4n) is 1.59. The van der Waals surface area contributed by atoms with Gasteiger partial charge in [0.1, 0.15) is 0 Å². The van der Waals surface area contributed by atoms with Crippen molar-refractivity contribution in [2.45, 2.75) is 12.8 Å². The number of hydrogen-bond acceptors (Lipinski definition) is 3. The van der Waals surface area contributed by atoms with Gasteiger partial charge in [-0.05, 0) is 30.5 Å². The second-order valence-corrected chi connectivity index (χ2v) is 4.63. The summed E-state index contributed by atoms with van der Waals surface area (Å²) in [7, 11) is 1.66. The Morgan fingerprint density at radius 1 is 1.33 bits per heavy atom. The van der Waals surface area contributed by atoms with Gasteiger partial charge >= 0.3 is 0 Å². The fourth-order valence-corrected chi connectivity index (χ4v) is 2.18. The molecule has 0 unspecified atom stereocenters. The monoisotopic (exact) mass is 260 g/mol. The van der Waals surface area contributed by atoms with Gasteiger partial charge in [0.05, 0.1) is 11.2 Å². The maximum absolute atomic E-state index is 5.60. The highest BCUT2D eigenvalue weighted by atomic mass is 32.1. The summed E-state index contributed by atoms with van der Waals surface area (Å²) < 4.78 is 0. The zero-order valence-electron chi connectivity index (χ0n) is 10.3. The summed E-state index contributed by atoms with van der Waals surface area (Å²) in [5.41, 5.74) is 10.9. The Labute approximate surface area is 111 Å². The van der Waals surface area contributed by atoms with Crippen LogP contribution in [0.1, 0.15) is 11.3 Å². The quantitative estimate of drug-likeness (QED) is 0.655. The molecule has 1 aromatic heterocycles. The van der Waals surface area contributed by atoms with E-state index in [0.29, 0.717) is 5.96 Å². The Kier molecular flexibility index (Phi) is 4.30. The minimum Gasteiger partial charge on any atom is -0.370 e. The highest BCUT2D eigenvalue weighted by molar-refractivity contribution is 7.07. The number of thiazole rings is 1. The number of aliphatic imine (C=N–C) groups is 1. The van der Waals surface area contributed by atoms with Gasteiger partial charge < -0.3 is 11.1 Å². The van der Waals surface area contributed by atoms with E-state index in [2.05, 4.69) is 32.8 Å². The molecule has 0 aliphatic heterocycles. The molecule has 94 valence electrons. The van der Waals surface area contributed by atoms with Crippen molar-refractivity contribution in [3.05, 3.63) is 46.4 Å². The van der Waals surface area contributed by atoms with Gasteiger partial charge in [-0.2, -0.15) is 0 Å². The lowest BCUT2D eigenvalue weighted by Crippen LogP contribution is -2.21. The molecule has 0 saturated heterocycles. The molecule has 0 radical (unpaired) electrons. The number of aromatic nitrogens is 1. The number of guanidine groups is 1. The first-order chi connectivity index (χ1) is 8.78. The largest absolute Gasteiger partial charge is 0.370 e.